The van der Waals surface area contributed by atoms with Crippen LogP contribution in [0.15, 0.2) is 48.5 Å². The zero-order chi connectivity index (χ0) is 16.7. The number of anilines is 1. The van der Waals surface area contributed by atoms with Crippen molar-refractivity contribution in [2.45, 2.75) is 6.42 Å². The maximum Gasteiger partial charge on any atom is 0.309 e. The van der Waals surface area contributed by atoms with Gasteiger partial charge in [0.1, 0.15) is 11.6 Å². The Balaban J connectivity index is 1.82. The molecule has 0 spiro atoms. The standard InChI is InChI=1S/C17H16FNO4/c1-22-17(21)10-12-2-8-15(9-3-12)23-11-16(20)19-14-6-4-13(18)5-7-14/h2-9H,10-11H2,1H3,(H,19,20). The van der Waals surface area contributed by atoms with Crippen molar-refractivity contribution in [1.82, 2.24) is 0 Å². The normalized spacial score (nSPS) is 10.0. The van der Waals surface area contributed by atoms with Gasteiger partial charge in [-0.05, 0) is 42.0 Å². The Hall–Kier alpha value is -2.89. The summed E-state index contributed by atoms with van der Waals surface area (Å²) in [5.41, 5.74) is 1.29. The molecule has 0 aromatic heterocycles. The molecule has 0 saturated heterocycles. The molecule has 0 atom stereocenters. The summed E-state index contributed by atoms with van der Waals surface area (Å²) in [6.45, 7) is -0.173. The van der Waals surface area contributed by atoms with Crippen molar-refractivity contribution in [1.29, 1.82) is 0 Å². The van der Waals surface area contributed by atoms with Crippen LogP contribution in [0.2, 0.25) is 0 Å². The minimum absolute atomic E-state index is 0.173. The van der Waals surface area contributed by atoms with E-state index in [1.54, 1.807) is 24.3 Å². The van der Waals surface area contributed by atoms with Crippen LogP contribution in [-0.2, 0) is 20.7 Å². The van der Waals surface area contributed by atoms with Gasteiger partial charge >= 0.3 is 5.97 Å². The fourth-order valence-electron chi connectivity index (χ4n) is 1.82. The van der Waals surface area contributed by atoms with Crippen molar-refractivity contribution in [3.8, 4) is 5.75 Å². The number of hydrogen-bond acceptors (Lipinski definition) is 4. The van der Waals surface area contributed by atoms with Gasteiger partial charge in [0.25, 0.3) is 5.91 Å². The number of carbonyl (C=O) groups is 2. The number of methoxy groups -OCH3 is 1. The molecule has 23 heavy (non-hydrogen) atoms. The van der Waals surface area contributed by atoms with Crippen LogP contribution in [0.4, 0.5) is 10.1 Å². The first-order valence-electron chi connectivity index (χ1n) is 6.91. The summed E-state index contributed by atoms with van der Waals surface area (Å²) in [5, 5.41) is 2.59. The molecule has 0 aliphatic carbocycles. The molecule has 2 aromatic rings. The fourth-order valence-corrected chi connectivity index (χ4v) is 1.82. The van der Waals surface area contributed by atoms with Gasteiger partial charge in [0.05, 0.1) is 13.5 Å². The summed E-state index contributed by atoms with van der Waals surface area (Å²) >= 11 is 0. The lowest BCUT2D eigenvalue weighted by Gasteiger charge is -2.08. The van der Waals surface area contributed by atoms with E-state index >= 15 is 0 Å². The molecule has 2 rings (SSSR count). The van der Waals surface area contributed by atoms with Crippen LogP contribution in [0.3, 0.4) is 0 Å². The van der Waals surface area contributed by atoms with Gasteiger partial charge in [-0.15, -0.1) is 0 Å². The number of nitrogens with one attached hydrogen (secondary N) is 1. The van der Waals surface area contributed by atoms with Gasteiger partial charge in [-0.25, -0.2) is 4.39 Å². The molecule has 0 bridgehead atoms. The van der Waals surface area contributed by atoms with Gasteiger partial charge in [0, 0.05) is 5.69 Å². The second kappa shape index (κ2) is 7.93. The molecule has 0 aliphatic heterocycles. The Morgan fingerprint density at radius 2 is 1.70 bits per heavy atom. The molecule has 0 saturated carbocycles. The molecule has 6 heteroatoms. The van der Waals surface area contributed by atoms with Gasteiger partial charge in [-0.1, -0.05) is 12.1 Å². The maximum atomic E-state index is 12.8. The second-order valence-electron chi connectivity index (χ2n) is 4.74. The highest BCUT2D eigenvalue weighted by molar-refractivity contribution is 5.91. The summed E-state index contributed by atoms with van der Waals surface area (Å²) in [6.07, 6.45) is 0.182. The molecular weight excluding hydrogens is 301 g/mol. The summed E-state index contributed by atoms with van der Waals surface area (Å²) in [5.74, 6) is -0.535. The number of carbonyl (C=O) groups excluding carboxylic acids is 2. The number of rotatable bonds is 6. The van der Waals surface area contributed by atoms with Crippen molar-refractivity contribution in [2.75, 3.05) is 19.0 Å². The summed E-state index contributed by atoms with van der Waals surface area (Å²) in [6, 6.07) is 12.2. The van der Waals surface area contributed by atoms with Gasteiger partial charge in [-0.3, -0.25) is 9.59 Å². The maximum absolute atomic E-state index is 12.8. The molecular formula is C17H16FNO4. The lowest BCUT2D eigenvalue weighted by Crippen LogP contribution is -2.20. The van der Waals surface area contributed by atoms with E-state index in [1.165, 1.54) is 31.4 Å². The third-order valence-corrected chi connectivity index (χ3v) is 3.00. The molecule has 0 radical (unpaired) electrons. The summed E-state index contributed by atoms with van der Waals surface area (Å²) in [7, 11) is 1.33. The van der Waals surface area contributed by atoms with Crippen molar-refractivity contribution in [3.63, 3.8) is 0 Å². The van der Waals surface area contributed by atoms with Crippen molar-refractivity contribution >= 4 is 17.6 Å². The van der Waals surface area contributed by atoms with E-state index in [4.69, 9.17) is 4.74 Å². The first-order chi connectivity index (χ1) is 11.1. The van der Waals surface area contributed by atoms with Gasteiger partial charge < -0.3 is 14.8 Å². The molecule has 0 aliphatic rings. The Morgan fingerprint density at radius 1 is 1.04 bits per heavy atom. The number of hydrogen-bond donors (Lipinski definition) is 1. The zero-order valence-corrected chi connectivity index (χ0v) is 12.5. The van der Waals surface area contributed by atoms with E-state index in [0.717, 1.165) is 5.56 Å². The quantitative estimate of drug-likeness (QED) is 0.832. The van der Waals surface area contributed by atoms with Crippen LogP contribution >= 0.6 is 0 Å². The number of esters is 1. The highest BCUT2D eigenvalue weighted by Crippen LogP contribution is 2.13. The highest BCUT2D eigenvalue weighted by Gasteiger charge is 2.06. The first kappa shape index (κ1) is 16.5. The van der Waals surface area contributed by atoms with Crippen LogP contribution in [0.1, 0.15) is 5.56 Å². The predicted molar refractivity (Wildman–Crippen MR) is 82.7 cm³/mol. The Bertz CT molecular complexity index is 668. The minimum atomic E-state index is -0.369. The van der Waals surface area contributed by atoms with Crippen molar-refractivity contribution < 1.29 is 23.5 Å². The molecule has 5 nitrogen and oxygen atoms in total. The lowest BCUT2D eigenvalue weighted by molar-refractivity contribution is -0.139. The largest absolute Gasteiger partial charge is 0.484 e. The average Bonchev–Trinajstić information content (AvgIpc) is 2.56. The Morgan fingerprint density at radius 3 is 2.30 bits per heavy atom. The lowest BCUT2D eigenvalue weighted by atomic mass is 10.1. The molecule has 0 heterocycles. The van der Waals surface area contributed by atoms with Crippen molar-refractivity contribution in [3.05, 3.63) is 59.9 Å². The molecule has 0 unspecified atom stereocenters. The zero-order valence-electron chi connectivity index (χ0n) is 12.5. The molecule has 0 fully saturated rings. The van der Waals surface area contributed by atoms with E-state index in [-0.39, 0.29) is 30.7 Å². The van der Waals surface area contributed by atoms with Gasteiger partial charge in [0.2, 0.25) is 0 Å². The fraction of sp³-hybridized carbons (Fsp3) is 0.176. The van der Waals surface area contributed by atoms with Crippen LogP contribution in [-0.4, -0.2) is 25.6 Å². The average molecular weight is 317 g/mol. The summed E-state index contributed by atoms with van der Waals surface area (Å²) < 4.78 is 22.7. The van der Waals surface area contributed by atoms with Crippen molar-refractivity contribution in [2.24, 2.45) is 0 Å². The molecule has 1 amide bonds. The highest BCUT2D eigenvalue weighted by atomic mass is 19.1. The number of benzene rings is 2. The topological polar surface area (TPSA) is 64.6 Å². The van der Waals surface area contributed by atoms with E-state index in [1.807, 2.05) is 0 Å². The summed E-state index contributed by atoms with van der Waals surface area (Å²) in [4.78, 5) is 22.9. The first-order valence-corrected chi connectivity index (χ1v) is 6.91. The smallest absolute Gasteiger partial charge is 0.309 e. The van der Waals surface area contributed by atoms with Crippen LogP contribution in [0.25, 0.3) is 0 Å². The van der Waals surface area contributed by atoms with E-state index in [9.17, 15) is 14.0 Å². The second-order valence-corrected chi connectivity index (χ2v) is 4.74. The Kier molecular flexibility index (Phi) is 5.68. The van der Waals surface area contributed by atoms with Crippen LogP contribution in [0.5, 0.6) is 5.75 Å². The van der Waals surface area contributed by atoms with Gasteiger partial charge in [-0.2, -0.15) is 0 Å². The monoisotopic (exact) mass is 317 g/mol. The molecule has 1 N–H and O–H groups in total. The SMILES string of the molecule is COC(=O)Cc1ccc(OCC(=O)Nc2ccc(F)cc2)cc1. The third-order valence-electron chi connectivity index (χ3n) is 3.00. The number of halogens is 1. The number of amides is 1. The van der Waals surface area contributed by atoms with E-state index in [0.29, 0.717) is 11.4 Å². The van der Waals surface area contributed by atoms with E-state index < -0.39 is 0 Å². The number of ether oxygens (including phenoxy) is 2. The van der Waals surface area contributed by atoms with Gasteiger partial charge in [0.15, 0.2) is 6.61 Å². The molecule has 2 aromatic carbocycles. The van der Waals surface area contributed by atoms with E-state index in [2.05, 4.69) is 10.1 Å². The minimum Gasteiger partial charge on any atom is -0.484 e. The third kappa shape index (κ3) is 5.43. The Labute approximate surface area is 133 Å². The van der Waals surface area contributed by atoms with Crippen LogP contribution < -0.4 is 10.1 Å². The predicted octanol–water partition coefficient (Wildman–Crippen LogP) is 2.56. The van der Waals surface area contributed by atoms with Crippen LogP contribution in [0, 0.1) is 5.82 Å². The molecule has 120 valence electrons.